The van der Waals surface area contributed by atoms with Crippen LogP contribution >= 0.6 is 0 Å². The summed E-state index contributed by atoms with van der Waals surface area (Å²) in [5.74, 6) is 1.40. The second-order valence-electron chi connectivity index (χ2n) is 8.20. The van der Waals surface area contributed by atoms with Gasteiger partial charge in [-0.1, -0.05) is 43.7 Å². The van der Waals surface area contributed by atoms with Gasteiger partial charge in [0.15, 0.2) is 0 Å². The summed E-state index contributed by atoms with van der Waals surface area (Å²) in [5.41, 5.74) is 1.49. The predicted molar refractivity (Wildman–Crippen MR) is 113 cm³/mol. The average Bonchev–Trinajstić information content (AvgIpc) is 3.36. The molecule has 0 heterocycles. The number of hydrogen-bond donors (Lipinski definition) is 1. The molecular weight excluding hydrogens is 384 g/mol. The number of rotatable bonds is 7. The van der Waals surface area contributed by atoms with Crippen LogP contribution < -0.4 is 5.32 Å². The molecule has 2 aromatic rings. The molecule has 1 amide bonds. The van der Waals surface area contributed by atoms with E-state index in [2.05, 4.69) is 5.32 Å². The Bertz CT molecular complexity index is 957. The molecule has 2 bridgehead atoms. The average molecular weight is 413 g/mol. The van der Waals surface area contributed by atoms with Gasteiger partial charge in [0.25, 0.3) is 5.91 Å². The molecule has 0 saturated heterocycles. The van der Waals surface area contributed by atoms with Crippen LogP contribution in [0.4, 0.5) is 0 Å². The van der Waals surface area contributed by atoms with Crippen LogP contribution in [0.2, 0.25) is 0 Å². The summed E-state index contributed by atoms with van der Waals surface area (Å²) in [5, 5.41) is 3.20. The Labute approximate surface area is 173 Å². The molecule has 0 aliphatic heterocycles. The van der Waals surface area contributed by atoms with E-state index in [0.717, 1.165) is 17.9 Å². The summed E-state index contributed by atoms with van der Waals surface area (Å²) in [6.45, 7) is 2.49. The van der Waals surface area contributed by atoms with Crippen molar-refractivity contribution < 1.29 is 13.2 Å². The van der Waals surface area contributed by atoms with Crippen molar-refractivity contribution >= 4 is 15.9 Å². The van der Waals surface area contributed by atoms with E-state index in [1.807, 2.05) is 19.1 Å². The van der Waals surface area contributed by atoms with Crippen LogP contribution in [0.25, 0.3) is 0 Å². The van der Waals surface area contributed by atoms with Gasteiger partial charge in [0.1, 0.15) is 0 Å². The fraction of sp³-hybridized carbons (Fsp3) is 0.435. The second kappa shape index (κ2) is 8.28. The van der Waals surface area contributed by atoms with Crippen molar-refractivity contribution in [3.63, 3.8) is 0 Å². The fourth-order valence-corrected chi connectivity index (χ4v) is 6.20. The SMILES string of the molecule is CCN(Cc1ccc(C(=O)NC2CC3CCC2C3)cc1)S(=O)(=O)c1ccccc1. The first-order chi connectivity index (χ1) is 14.0. The van der Waals surface area contributed by atoms with E-state index in [-0.39, 0.29) is 12.5 Å². The Morgan fingerprint density at radius 2 is 1.76 bits per heavy atom. The van der Waals surface area contributed by atoms with Crippen molar-refractivity contribution in [1.82, 2.24) is 9.62 Å². The van der Waals surface area contributed by atoms with Crippen molar-refractivity contribution in [3.8, 4) is 0 Å². The largest absolute Gasteiger partial charge is 0.349 e. The van der Waals surface area contributed by atoms with Gasteiger partial charge in [-0.25, -0.2) is 8.42 Å². The van der Waals surface area contributed by atoms with Crippen molar-refractivity contribution in [2.75, 3.05) is 6.54 Å². The molecule has 1 N–H and O–H groups in total. The van der Waals surface area contributed by atoms with Crippen molar-refractivity contribution in [3.05, 3.63) is 65.7 Å². The van der Waals surface area contributed by atoms with Gasteiger partial charge in [0.2, 0.25) is 10.0 Å². The zero-order valence-electron chi connectivity index (χ0n) is 16.8. The molecule has 6 heteroatoms. The number of nitrogens with one attached hydrogen (secondary N) is 1. The van der Waals surface area contributed by atoms with Crippen molar-refractivity contribution in [1.29, 1.82) is 0 Å². The maximum absolute atomic E-state index is 12.9. The smallest absolute Gasteiger partial charge is 0.251 e. The Hall–Kier alpha value is -2.18. The quantitative estimate of drug-likeness (QED) is 0.752. The van der Waals surface area contributed by atoms with Gasteiger partial charge in [0, 0.05) is 24.7 Å². The number of fused-ring (bicyclic) bond motifs is 2. The highest BCUT2D eigenvalue weighted by Gasteiger charge is 2.40. The fourth-order valence-electron chi connectivity index (χ4n) is 4.75. The number of hydrogen-bond acceptors (Lipinski definition) is 3. The standard InChI is InChI=1S/C23H28N2O3S/c1-2-25(29(27,28)21-6-4-3-5-7-21)16-17-8-11-19(12-9-17)23(26)24-22-15-18-10-13-20(22)14-18/h3-9,11-12,18,20,22H,2,10,13-16H2,1H3,(H,24,26). The summed E-state index contributed by atoms with van der Waals surface area (Å²) >= 11 is 0. The Kier molecular flexibility index (Phi) is 5.74. The summed E-state index contributed by atoms with van der Waals surface area (Å²) in [6.07, 6.45) is 4.91. The lowest BCUT2D eigenvalue weighted by atomic mass is 9.95. The number of nitrogens with zero attached hydrogens (tertiary/aromatic N) is 1. The van der Waals surface area contributed by atoms with E-state index in [1.165, 1.54) is 23.6 Å². The van der Waals surface area contributed by atoms with Gasteiger partial charge in [-0.2, -0.15) is 4.31 Å². The minimum absolute atomic E-state index is 0.0293. The van der Waals surface area contributed by atoms with E-state index in [4.69, 9.17) is 0 Å². The van der Waals surface area contributed by atoms with Crippen LogP contribution in [-0.2, 0) is 16.6 Å². The zero-order chi connectivity index (χ0) is 20.4. The van der Waals surface area contributed by atoms with Crippen LogP contribution in [0.3, 0.4) is 0 Å². The van der Waals surface area contributed by atoms with E-state index in [1.54, 1.807) is 42.5 Å². The molecule has 5 nitrogen and oxygen atoms in total. The van der Waals surface area contributed by atoms with Gasteiger partial charge in [-0.15, -0.1) is 0 Å². The molecule has 0 spiro atoms. The molecule has 3 unspecified atom stereocenters. The number of carbonyl (C=O) groups excluding carboxylic acids is 1. The molecule has 0 radical (unpaired) electrons. The number of carbonyl (C=O) groups is 1. The molecule has 4 rings (SSSR count). The van der Waals surface area contributed by atoms with Gasteiger partial charge in [-0.3, -0.25) is 4.79 Å². The Balaban J connectivity index is 1.41. The molecule has 2 aliphatic carbocycles. The van der Waals surface area contributed by atoms with E-state index in [9.17, 15) is 13.2 Å². The first-order valence-corrected chi connectivity index (χ1v) is 11.9. The van der Waals surface area contributed by atoms with Gasteiger partial charge in [-0.05, 0) is 60.9 Å². The first kappa shape index (κ1) is 20.1. The van der Waals surface area contributed by atoms with Gasteiger partial charge in [0.05, 0.1) is 4.90 Å². The third-order valence-electron chi connectivity index (χ3n) is 6.36. The van der Waals surface area contributed by atoms with E-state index in [0.29, 0.717) is 29.0 Å². The van der Waals surface area contributed by atoms with Crippen LogP contribution in [0.15, 0.2) is 59.5 Å². The number of benzene rings is 2. The second-order valence-corrected chi connectivity index (χ2v) is 10.1. The lowest BCUT2D eigenvalue weighted by Crippen LogP contribution is -2.38. The van der Waals surface area contributed by atoms with Crippen LogP contribution in [0.1, 0.15) is 48.5 Å². The summed E-state index contributed by atoms with van der Waals surface area (Å²) in [6, 6.07) is 16.1. The topological polar surface area (TPSA) is 66.5 Å². The van der Waals surface area contributed by atoms with E-state index < -0.39 is 10.0 Å². The molecule has 2 fully saturated rings. The van der Waals surface area contributed by atoms with Gasteiger partial charge < -0.3 is 5.32 Å². The van der Waals surface area contributed by atoms with Crippen LogP contribution in [0, 0.1) is 11.8 Å². The van der Waals surface area contributed by atoms with Gasteiger partial charge >= 0.3 is 0 Å². The zero-order valence-corrected chi connectivity index (χ0v) is 17.6. The number of sulfonamides is 1. The molecule has 3 atom stereocenters. The lowest BCUT2D eigenvalue weighted by molar-refractivity contribution is 0.0923. The predicted octanol–water partition coefficient (Wildman–Crippen LogP) is 3.82. The monoisotopic (exact) mass is 412 g/mol. The minimum atomic E-state index is -3.54. The summed E-state index contributed by atoms with van der Waals surface area (Å²) < 4.78 is 27.2. The molecule has 154 valence electrons. The summed E-state index contributed by atoms with van der Waals surface area (Å²) in [7, 11) is -3.54. The summed E-state index contributed by atoms with van der Waals surface area (Å²) in [4.78, 5) is 12.9. The normalized spacial score (nSPS) is 23.4. The molecule has 2 aromatic carbocycles. The molecule has 29 heavy (non-hydrogen) atoms. The highest BCUT2D eigenvalue weighted by Crippen LogP contribution is 2.44. The molecule has 0 aromatic heterocycles. The lowest BCUT2D eigenvalue weighted by Gasteiger charge is -2.23. The maximum atomic E-state index is 12.9. The molecule has 2 aliphatic rings. The molecule has 2 saturated carbocycles. The third kappa shape index (κ3) is 4.23. The Morgan fingerprint density at radius 3 is 2.34 bits per heavy atom. The molecular formula is C23H28N2O3S. The van der Waals surface area contributed by atoms with Crippen LogP contribution in [0.5, 0.6) is 0 Å². The van der Waals surface area contributed by atoms with Crippen molar-refractivity contribution in [2.45, 2.75) is 50.1 Å². The Morgan fingerprint density at radius 1 is 1.03 bits per heavy atom. The first-order valence-electron chi connectivity index (χ1n) is 10.4. The van der Waals surface area contributed by atoms with Crippen molar-refractivity contribution in [2.24, 2.45) is 11.8 Å². The minimum Gasteiger partial charge on any atom is -0.349 e. The highest BCUT2D eigenvalue weighted by atomic mass is 32.2. The third-order valence-corrected chi connectivity index (χ3v) is 8.30. The van der Waals surface area contributed by atoms with E-state index >= 15 is 0 Å². The highest BCUT2D eigenvalue weighted by molar-refractivity contribution is 7.89. The van der Waals surface area contributed by atoms with Crippen LogP contribution in [-0.4, -0.2) is 31.2 Å². The number of amides is 1. The maximum Gasteiger partial charge on any atom is 0.251 e.